The fourth-order valence-electron chi connectivity index (χ4n) is 0.924. The first-order valence-corrected chi connectivity index (χ1v) is 5.34. The van der Waals surface area contributed by atoms with Crippen molar-refractivity contribution in [2.45, 2.75) is 12.8 Å². The summed E-state index contributed by atoms with van der Waals surface area (Å²) in [6, 6.07) is 9.38. The zero-order chi connectivity index (χ0) is 9.52. The normalized spacial score (nSPS) is 9.92. The van der Waals surface area contributed by atoms with Crippen LogP contribution in [0, 0.1) is 6.92 Å². The van der Waals surface area contributed by atoms with Crippen LogP contribution in [0.25, 0.3) is 0 Å². The Morgan fingerprint density at radius 3 is 2.62 bits per heavy atom. The molecule has 1 rings (SSSR count). The summed E-state index contributed by atoms with van der Waals surface area (Å²) in [5.41, 5.74) is 0.788. The zero-order valence-corrected chi connectivity index (χ0v) is 8.35. The molecule has 1 aromatic carbocycles. The summed E-state index contributed by atoms with van der Waals surface area (Å²) in [4.78, 5) is 11.5. The number of hydrogen-bond acceptors (Lipinski definition) is 2. The first kappa shape index (κ1) is 10.3. The Morgan fingerprint density at radius 1 is 1.31 bits per heavy atom. The van der Waals surface area contributed by atoms with Gasteiger partial charge in [-0.3, -0.25) is 4.79 Å². The number of carbonyl (C=O) groups is 1. The summed E-state index contributed by atoms with van der Waals surface area (Å²) in [6.07, 6.45) is 1.90. The van der Waals surface area contributed by atoms with E-state index >= 15 is 0 Å². The van der Waals surface area contributed by atoms with Crippen LogP contribution in [0.2, 0.25) is 0 Å². The number of thioether (sulfide) groups is 1. The first-order chi connectivity index (χ1) is 6.34. The molecule has 0 heterocycles. The van der Waals surface area contributed by atoms with Crippen molar-refractivity contribution < 1.29 is 4.79 Å². The number of carbonyl (C=O) groups excluding carboxylic acids is 1. The van der Waals surface area contributed by atoms with Gasteiger partial charge in [0.05, 0.1) is 0 Å². The second kappa shape index (κ2) is 5.81. The van der Waals surface area contributed by atoms with E-state index in [2.05, 4.69) is 6.92 Å². The number of rotatable bonds is 4. The highest BCUT2D eigenvalue weighted by Crippen LogP contribution is 2.13. The third kappa shape index (κ3) is 3.64. The maximum atomic E-state index is 11.5. The molecule has 0 aliphatic heterocycles. The largest absolute Gasteiger partial charge is 0.282 e. The van der Waals surface area contributed by atoms with Crippen molar-refractivity contribution in [1.82, 2.24) is 0 Å². The van der Waals surface area contributed by atoms with Crippen LogP contribution in [0.4, 0.5) is 0 Å². The van der Waals surface area contributed by atoms with Crippen LogP contribution in [0.3, 0.4) is 0 Å². The van der Waals surface area contributed by atoms with Crippen molar-refractivity contribution in [3.05, 3.63) is 42.8 Å². The second-order valence-corrected chi connectivity index (χ2v) is 3.78. The van der Waals surface area contributed by atoms with Crippen LogP contribution in [-0.2, 0) is 0 Å². The van der Waals surface area contributed by atoms with E-state index in [9.17, 15) is 4.79 Å². The average molecular weight is 193 g/mol. The van der Waals surface area contributed by atoms with Gasteiger partial charge in [0.1, 0.15) is 0 Å². The molecular formula is C11H13OS. The summed E-state index contributed by atoms with van der Waals surface area (Å²) >= 11 is 1.38. The lowest BCUT2D eigenvalue weighted by molar-refractivity contribution is 0.108. The smallest absolute Gasteiger partial charge is 0.219 e. The quantitative estimate of drug-likeness (QED) is 0.683. The van der Waals surface area contributed by atoms with Gasteiger partial charge in [-0.1, -0.05) is 55.4 Å². The minimum Gasteiger partial charge on any atom is -0.282 e. The summed E-state index contributed by atoms with van der Waals surface area (Å²) < 4.78 is 0. The molecule has 2 heteroatoms. The molecule has 0 bridgehead atoms. The van der Waals surface area contributed by atoms with Crippen LogP contribution < -0.4 is 0 Å². The maximum absolute atomic E-state index is 11.5. The molecule has 0 aliphatic rings. The Hall–Kier alpha value is -0.760. The highest BCUT2D eigenvalue weighted by Gasteiger charge is 2.03. The van der Waals surface area contributed by atoms with Crippen molar-refractivity contribution in [3.63, 3.8) is 0 Å². The Bertz CT molecular complexity index is 256. The Morgan fingerprint density at radius 2 is 2.00 bits per heavy atom. The van der Waals surface area contributed by atoms with E-state index in [-0.39, 0.29) is 5.12 Å². The number of hydrogen-bond donors (Lipinski definition) is 0. The van der Waals surface area contributed by atoms with E-state index in [1.165, 1.54) is 11.8 Å². The molecule has 0 amide bonds. The standard InChI is InChI=1S/C11H13OS/c1-2-3-9-13-11(12)10-7-5-4-6-8-10/h4-8H,1-3,9H2. The molecule has 69 valence electrons. The lowest BCUT2D eigenvalue weighted by Gasteiger charge is -1.98. The van der Waals surface area contributed by atoms with Crippen LogP contribution in [0.15, 0.2) is 30.3 Å². The van der Waals surface area contributed by atoms with Gasteiger partial charge in [-0.05, 0) is 6.42 Å². The lowest BCUT2D eigenvalue weighted by Crippen LogP contribution is -1.93. The molecule has 0 atom stereocenters. The maximum Gasteiger partial charge on any atom is 0.219 e. The van der Waals surface area contributed by atoms with Gasteiger partial charge in [-0.25, -0.2) is 0 Å². The van der Waals surface area contributed by atoms with Gasteiger partial charge >= 0.3 is 0 Å². The first-order valence-electron chi connectivity index (χ1n) is 4.36. The minimum atomic E-state index is 0.161. The average Bonchev–Trinajstić information content (AvgIpc) is 2.19. The molecule has 0 aliphatic carbocycles. The number of benzene rings is 1. The van der Waals surface area contributed by atoms with Gasteiger partial charge in [-0.2, -0.15) is 0 Å². The molecule has 0 N–H and O–H groups in total. The molecule has 1 aromatic rings. The highest BCUT2D eigenvalue weighted by atomic mass is 32.2. The van der Waals surface area contributed by atoms with E-state index in [0.717, 1.165) is 24.2 Å². The predicted octanol–water partition coefficient (Wildman–Crippen LogP) is 3.17. The fraction of sp³-hybridized carbons (Fsp3) is 0.273. The van der Waals surface area contributed by atoms with E-state index in [1.54, 1.807) is 0 Å². The molecule has 13 heavy (non-hydrogen) atoms. The van der Waals surface area contributed by atoms with Crippen LogP contribution in [-0.4, -0.2) is 10.9 Å². The molecular weight excluding hydrogens is 180 g/mol. The van der Waals surface area contributed by atoms with E-state index in [0.29, 0.717) is 0 Å². The fourth-order valence-corrected chi connectivity index (χ4v) is 1.76. The van der Waals surface area contributed by atoms with E-state index in [1.807, 2.05) is 30.3 Å². The van der Waals surface area contributed by atoms with Crippen molar-refractivity contribution in [3.8, 4) is 0 Å². The predicted molar refractivity (Wildman–Crippen MR) is 57.8 cm³/mol. The third-order valence-corrected chi connectivity index (χ3v) is 2.63. The summed E-state index contributed by atoms with van der Waals surface area (Å²) in [5.74, 6) is 0.872. The van der Waals surface area contributed by atoms with Gasteiger partial charge in [0.25, 0.3) is 0 Å². The van der Waals surface area contributed by atoms with E-state index in [4.69, 9.17) is 0 Å². The number of unbranched alkanes of at least 4 members (excludes halogenated alkanes) is 1. The van der Waals surface area contributed by atoms with Crippen LogP contribution in [0.1, 0.15) is 23.2 Å². The zero-order valence-electron chi connectivity index (χ0n) is 7.53. The Labute approximate surface area is 83.5 Å². The lowest BCUT2D eigenvalue weighted by atomic mass is 10.2. The molecule has 1 nitrogen and oxygen atoms in total. The summed E-state index contributed by atoms with van der Waals surface area (Å²) in [5, 5.41) is 0.161. The highest BCUT2D eigenvalue weighted by molar-refractivity contribution is 8.14. The SMILES string of the molecule is [CH2]CCCSC(=O)c1ccccc1. The van der Waals surface area contributed by atoms with Gasteiger partial charge in [0.15, 0.2) is 0 Å². The monoisotopic (exact) mass is 193 g/mol. The van der Waals surface area contributed by atoms with Crippen molar-refractivity contribution in [2.75, 3.05) is 5.75 Å². The Balaban J connectivity index is 2.40. The third-order valence-electron chi connectivity index (χ3n) is 1.64. The molecule has 0 aromatic heterocycles. The molecule has 0 fully saturated rings. The molecule has 0 spiro atoms. The van der Waals surface area contributed by atoms with Crippen molar-refractivity contribution in [1.29, 1.82) is 0 Å². The summed E-state index contributed by atoms with van der Waals surface area (Å²) in [7, 11) is 0. The minimum absolute atomic E-state index is 0.161. The topological polar surface area (TPSA) is 17.1 Å². The van der Waals surface area contributed by atoms with Gasteiger partial charge in [0, 0.05) is 11.3 Å². The molecule has 0 saturated carbocycles. The Kier molecular flexibility index (Phi) is 4.61. The summed E-state index contributed by atoms with van der Waals surface area (Å²) in [6.45, 7) is 3.73. The van der Waals surface area contributed by atoms with Gasteiger partial charge < -0.3 is 0 Å². The van der Waals surface area contributed by atoms with Gasteiger partial charge in [-0.15, -0.1) is 0 Å². The van der Waals surface area contributed by atoms with Crippen molar-refractivity contribution >= 4 is 16.9 Å². The van der Waals surface area contributed by atoms with Crippen molar-refractivity contribution in [2.24, 2.45) is 0 Å². The second-order valence-electron chi connectivity index (χ2n) is 2.71. The van der Waals surface area contributed by atoms with Crippen LogP contribution >= 0.6 is 11.8 Å². The van der Waals surface area contributed by atoms with Gasteiger partial charge in [0.2, 0.25) is 5.12 Å². The molecule has 0 saturated heterocycles. The molecule has 1 radical (unpaired) electrons. The van der Waals surface area contributed by atoms with E-state index < -0.39 is 0 Å². The molecule has 0 unspecified atom stereocenters. The van der Waals surface area contributed by atoms with Crippen LogP contribution in [0.5, 0.6) is 0 Å².